The van der Waals surface area contributed by atoms with Gasteiger partial charge in [-0.3, -0.25) is 9.59 Å². The topological polar surface area (TPSA) is 136 Å². The molecule has 22 heavy (non-hydrogen) atoms. The van der Waals surface area contributed by atoms with Crippen molar-refractivity contribution in [3.05, 3.63) is 29.8 Å². The van der Waals surface area contributed by atoms with E-state index < -0.39 is 24.0 Å². The first-order valence-corrected chi connectivity index (χ1v) is 7.04. The molecule has 7 heteroatoms. The summed E-state index contributed by atoms with van der Waals surface area (Å²) >= 11 is 0. The summed E-state index contributed by atoms with van der Waals surface area (Å²) in [7, 11) is 0. The monoisotopic (exact) mass is 310 g/mol. The highest BCUT2D eigenvalue weighted by Gasteiger charge is 2.25. The molecule has 7 nitrogen and oxygen atoms in total. The third-order valence-corrected chi connectivity index (χ3v) is 3.37. The molecule has 0 bridgehead atoms. The van der Waals surface area contributed by atoms with Crippen LogP contribution in [0.15, 0.2) is 24.3 Å². The number of benzene rings is 1. The predicted molar refractivity (Wildman–Crippen MR) is 80.8 cm³/mol. The van der Waals surface area contributed by atoms with Crippen molar-refractivity contribution in [1.29, 1.82) is 0 Å². The number of carboxylic acids is 2. The molecule has 0 saturated carbocycles. The summed E-state index contributed by atoms with van der Waals surface area (Å²) in [6, 6.07) is 4.92. The molecule has 0 radical (unpaired) electrons. The molecule has 0 saturated heterocycles. The van der Waals surface area contributed by atoms with Gasteiger partial charge < -0.3 is 26.4 Å². The first-order chi connectivity index (χ1) is 10.3. The maximum Gasteiger partial charge on any atom is 0.320 e. The Bertz CT molecular complexity index is 481. The number of aliphatic carboxylic acids is 2. The number of carboxylic acid groups (broad SMARTS) is 2. The van der Waals surface area contributed by atoms with Gasteiger partial charge in [0.2, 0.25) is 0 Å². The first-order valence-electron chi connectivity index (χ1n) is 7.04. The Morgan fingerprint density at radius 3 is 1.86 bits per heavy atom. The van der Waals surface area contributed by atoms with Gasteiger partial charge in [0.25, 0.3) is 0 Å². The fourth-order valence-corrected chi connectivity index (χ4v) is 2.19. The SMILES string of the molecule is CCOc1ccc(C(CC(N)C(=O)O)CC(N)C(=O)O)cc1. The van der Waals surface area contributed by atoms with E-state index in [-0.39, 0.29) is 18.8 Å². The quantitative estimate of drug-likeness (QED) is 0.529. The largest absolute Gasteiger partial charge is 0.494 e. The van der Waals surface area contributed by atoms with E-state index in [4.69, 9.17) is 26.4 Å². The van der Waals surface area contributed by atoms with Gasteiger partial charge in [0.1, 0.15) is 17.8 Å². The van der Waals surface area contributed by atoms with E-state index in [1.807, 2.05) is 6.92 Å². The number of hydrogen-bond acceptors (Lipinski definition) is 5. The molecule has 2 atom stereocenters. The third-order valence-electron chi connectivity index (χ3n) is 3.37. The Morgan fingerprint density at radius 2 is 1.50 bits per heavy atom. The molecule has 0 aliphatic heterocycles. The molecule has 0 aliphatic carbocycles. The normalized spacial score (nSPS) is 14.9. The van der Waals surface area contributed by atoms with E-state index in [0.717, 1.165) is 5.56 Å². The fourth-order valence-electron chi connectivity index (χ4n) is 2.19. The molecule has 1 rings (SSSR count). The summed E-state index contributed by atoms with van der Waals surface area (Å²) in [5.41, 5.74) is 11.9. The second-order valence-electron chi connectivity index (χ2n) is 5.06. The molecule has 0 amide bonds. The summed E-state index contributed by atoms with van der Waals surface area (Å²) in [5, 5.41) is 17.9. The maximum absolute atomic E-state index is 10.9. The average molecular weight is 310 g/mol. The predicted octanol–water partition coefficient (Wildman–Crippen LogP) is 0.773. The molecule has 0 aromatic heterocycles. The van der Waals surface area contributed by atoms with Crippen molar-refractivity contribution in [2.45, 2.75) is 37.8 Å². The molecule has 122 valence electrons. The van der Waals surface area contributed by atoms with Crippen LogP contribution in [0.3, 0.4) is 0 Å². The molecule has 0 aliphatic rings. The van der Waals surface area contributed by atoms with E-state index in [2.05, 4.69) is 0 Å². The molecule has 1 aromatic rings. The van der Waals surface area contributed by atoms with Gasteiger partial charge >= 0.3 is 11.9 Å². The van der Waals surface area contributed by atoms with Crippen molar-refractivity contribution in [2.24, 2.45) is 11.5 Å². The van der Waals surface area contributed by atoms with E-state index in [9.17, 15) is 9.59 Å². The van der Waals surface area contributed by atoms with E-state index in [1.165, 1.54) is 0 Å². The van der Waals surface area contributed by atoms with E-state index >= 15 is 0 Å². The highest BCUT2D eigenvalue weighted by molar-refractivity contribution is 5.74. The van der Waals surface area contributed by atoms with E-state index in [0.29, 0.717) is 12.4 Å². The van der Waals surface area contributed by atoms with Crippen LogP contribution in [0, 0.1) is 0 Å². The van der Waals surface area contributed by atoms with Crippen molar-refractivity contribution in [1.82, 2.24) is 0 Å². The lowest BCUT2D eigenvalue weighted by molar-refractivity contribution is -0.139. The minimum atomic E-state index is -1.13. The highest BCUT2D eigenvalue weighted by atomic mass is 16.5. The molecule has 0 heterocycles. The maximum atomic E-state index is 10.9. The summed E-state index contributed by atoms with van der Waals surface area (Å²) in [4.78, 5) is 21.9. The summed E-state index contributed by atoms with van der Waals surface area (Å²) in [6.07, 6.45) is 0.231. The van der Waals surface area contributed by atoms with Gasteiger partial charge in [-0.1, -0.05) is 12.1 Å². The minimum Gasteiger partial charge on any atom is -0.494 e. The zero-order chi connectivity index (χ0) is 16.7. The Kier molecular flexibility index (Phi) is 6.81. The Balaban J connectivity index is 2.92. The molecule has 0 spiro atoms. The Hall–Kier alpha value is -2.12. The highest BCUT2D eigenvalue weighted by Crippen LogP contribution is 2.27. The lowest BCUT2D eigenvalue weighted by Gasteiger charge is -2.21. The van der Waals surface area contributed by atoms with Crippen molar-refractivity contribution in [3.8, 4) is 5.75 Å². The molecular weight excluding hydrogens is 288 g/mol. The first kappa shape index (κ1) is 17.9. The second-order valence-corrected chi connectivity index (χ2v) is 5.06. The van der Waals surface area contributed by atoms with Crippen molar-refractivity contribution in [2.75, 3.05) is 6.61 Å². The molecular formula is C15H22N2O5. The summed E-state index contributed by atoms with van der Waals surface area (Å²) in [5.74, 6) is -1.91. The van der Waals surface area contributed by atoms with Crippen LogP contribution in [-0.2, 0) is 9.59 Å². The minimum absolute atomic E-state index is 0.115. The lowest BCUT2D eigenvalue weighted by atomic mass is 9.87. The van der Waals surface area contributed by atoms with Crippen LogP contribution >= 0.6 is 0 Å². The van der Waals surface area contributed by atoms with Crippen molar-refractivity contribution < 1.29 is 24.5 Å². The number of rotatable bonds is 9. The average Bonchev–Trinajstić information content (AvgIpc) is 2.47. The molecule has 0 fully saturated rings. The van der Waals surface area contributed by atoms with Crippen LogP contribution in [0.25, 0.3) is 0 Å². The van der Waals surface area contributed by atoms with Crippen LogP contribution in [0.4, 0.5) is 0 Å². The van der Waals surface area contributed by atoms with Gasteiger partial charge in [-0.15, -0.1) is 0 Å². The van der Waals surface area contributed by atoms with E-state index in [1.54, 1.807) is 24.3 Å². The second kappa shape index (κ2) is 8.35. The van der Waals surface area contributed by atoms with Gasteiger partial charge in [-0.2, -0.15) is 0 Å². The summed E-state index contributed by atoms with van der Waals surface area (Å²) in [6.45, 7) is 2.41. The zero-order valence-corrected chi connectivity index (χ0v) is 12.4. The standard InChI is InChI=1S/C15H22N2O5/c1-2-22-11-5-3-9(4-6-11)10(7-12(16)14(18)19)8-13(17)15(20)21/h3-6,10,12-13H,2,7-8,16-17H2,1H3,(H,18,19)(H,20,21). The van der Waals surface area contributed by atoms with Crippen LogP contribution < -0.4 is 16.2 Å². The molecule has 2 unspecified atom stereocenters. The smallest absolute Gasteiger partial charge is 0.320 e. The third kappa shape index (κ3) is 5.34. The van der Waals surface area contributed by atoms with Crippen LogP contribution in [0.1, 0.15) is 31.2 Å². The van der Waals surface area contributed by atoms with Gasteiger partial charge in [0.15, 0.2) is 0 Å². The van der Waals surface area contributed by atoms with Gasteiger partial charge in [-0.25, -0.2) is 0 Å². The number of hydrogen-bond donors (Lipinski definition) is 4. The zero-order valence-electron chi connectivity index (χ0n) is 12.4. The van der Waals surface area contributed by atoms with Crippen LogP contribution in [0.5, 0.6) is 5.75 Å². The number of nitrogens with two attached hydrogens (primary N) is 2. The molecule has 1 aromatic carbocycles. The van der Waals surface area contributed by atoms with Gasteiger partial charge in [0, 0.05) is 0 Å². The van der Waals surface area contributed by atoms with Gasteiger partial charge in [0.05, 0.1) is 6.61 Å². The number of ether oxygens (including phenoxy) is 1. The fraction of sp³-hybridized carbons (Fsp3) is 0.467. The van der Waals surface area contributed by atoms with Crippen molar-refractivity contribution >= 4 is 11.9 Å². The van der Waals surface area contributed by atoms with Gasteiger partial charge in [-0.05, 0) is 43.4 Å². The molecule has 6 N–H and O–H groups in total. The van der Waals surface area contributed by atoms with Crippen LogP contribution in [-0.4, -0.2) is 40.8 Å². The summed E-state index contributed by atoms with van der Waals surface area (Å²) < 4.78 is 5.34. The number of carbonyl (C=O) groups is 2. The Morgan fingerprint density at radius 1 is 1.05 bits per heavy atom. The van der Waals surface area contributed by atoms with Crippen LogP contribution in [0.2, 0.25) is 0 Å². The lowest BCUT2D eigenvalue weighted by Crippen LogP contribution is -2.36. The Labute approximate surface area is 128 Å². The van der Waals surface area contributed by atoms with Crippen molar-refractivity contribution in [3.63, 3.8) is 0 Å².